The summed E-state index contributed by atoms with van der Waals surface area (Å²) in [5, 5.41) is 22.5. The Morgan fingerprint density at radius 1 is 0.965 bits per heavy atom. The predicted molar refractivity (Wildman–Crippen MR) is 205 cm³/mol. The number of nitrogens with two attached hydrogens (primary N) is 1. The number of nitriles is 1. The van der Waals surface area contributed by atoms with Gasteiger partial charge in [0.1, 0.15) is 29.1 Å². The van der Waals surface area contributed by atoms with Crippen molar-refractivity contribution in [2.24, 2.45) is 11.1 Å². The maximum absolute atomic E-state index is 15.2. The van der Waals surface area contributed by atoms with Crippen LogP contribution in [-0.4, -0.2) is 112 Å². The van der Waals surface area contributed by atoms with Gasteiger partial charge in [-0.3, -0.25) is 24.1 Å². The third kappa shape index (κ3) is 7.59. The van der Waals surface area contributed by atoms with Crippen LogP contribution in [0.3, 0.4) is 0 Å². The van der Waals surface area contributed by atoms with Crippen LogP contribution in [-0.2, 0) is 4.79 Å². The molecule has 17 heteroatoms. The molecule has 4 fully saturated rings. The Balaban J connectivity index is 0.764. The van der Waals surface area contributed by atoms with Gasteiger partial charge in [-0.15, -0.1) is 0 Å². The number of anilines is 2. The topological polar surface area (TPSA) is 198 Å². The number of fused-ring (bicyclic) bond motifs is 1. The van der Waals surface area contributed by atoms with Crippen molar-refractivity contribution in [2.45, 2.75) is 75.8 Å². The quantitative estimate of drug-likeness (QED) is 0.268. The van der Waals surface area contributed by atoms with E-state index in [1.54, 1.807) is 30.6 Å². The van der Waals surface area contributed by atoms with Crippen LogP contribution in [0.1, 0.15) is 88.1 Å². The van der Waals surface area contributed by atoms with Gasteiger partial charge in [0.15, 0.2) is 0 Å². The zero-order valence-corrected chi connectivity index (χ0v) is 32.0. The highest BCUT2D eigenvalue weighted by atomic mass is 35.5. The zero-order valence-electron chi connectivity index (χ0n) is 31.2. The molecule has 8 rings (SSSR count). The van der Waals surface area contributed by atoms with E-state index in [4.69, 9.17) is 27.3 Å². The van der Waals surface area contributed by atoms with Crippen molar-refractivity contribution in [3.8, 4) is 11.8 Å². The molecule has 1 spiro atoms. The number of halogens is 2. The summed E-state index contributed by atoms with van der Waals surface area (Å²) in [7, 11) is 0. The third-order valence-electron chi connectivity index (χ3n) is 12.3. The summed E-state index contributed by atoms with van der Waals surface area (Å²) in [5.41, 5.74) is 5.97. The molecule has 1 unspecified atom stereocenters. The Labute approximate surface area is 333 Å². The number of imide groups is 1. The van der Waals surface area contributed by atoms with Crippen molar-refractivity contribution in [3.05, 3.63) is 75.9 Å². The molecule has 4 N–H and O–H groups in total. The summed E-state index contributed by atoms with van der Waals surface area (Å²) >= 11 is 6.14. The summed E-state index contributed by atoms with van der Waals surface area (Å²) in [6.45, 7) is 4.84. The maximum Gasteiger partial charge on any atom is 0.271 e. The van der Waals surface area contributed by atoms with Gasteiger partial charge in [-0.05, 0) is 81.0 Å². The van der Waals surface area contributed by atoms with Crippen molar-refractivity contribution in [2.75, 3.05) is 49.1 Å². The standard InChI is InChI=1S/C40H43ClFN9O6/c41-30-15-27(4-1-23(30)18-43)57-26-5-2-24(3-6-26)47-36(53)32-19-46-34(20-45-32)49-13-9-40(10-14-49)21-50(22-40)25-7-11-48(12-8-25)33-17-29-28(16-31(33)42)37(54)51(38(29)55)39(56)35(44)52/h1,4,15-17,19-20,24-26,39,56H,2-3,5-14,21-22H2,(H2,44,52)(H,47,53). The Kier molecular flexibility index (Phi) is 10.5. The largest absolute Gasteiger partial charge is 0.490 e. The summed E-state index contributed by atoms with van der Waals surface area (Å²) in [5.74, 6) is -2.59. The number of aliphatic hydroxyl groups is 1. The highest BCUT2D eigenvalue weighted by Crippen LogP contribution is 2.44. The molecule has 298 valence electrons. The fourth-order valence-electron chi connectivity index (χ4n) is 8.97. The van der Waals surface area contributed by atoms with Crippen molar-refractivity contribution < 1.29 is 33.4 Å². The fourth-order valence-corrected chi connectivity index (χ4v) is 9.18. The van der Waals surface area contributed by atoms with E-state index in [9.17, 15) is 24.3 Å². The van der Waals surface area contributed by atoms with E-state index in [1.165, 1.54) is 6.07 Å². The number of nitrogens with zero attached hydrogens (tertiary/aromatic N) is 7. The molecule has 57 heavy (non-hydrogen) atoms. The molecular formula is C40H43ClFN9O6. The van der Waals surface area contributed by atoms with Crippen LogP contribution in [0.2, 0.25) is 5.02 Å². The number of piperidine rings is 2. The smallest absolute Gasteiger partial charge is 0.271 e. The Bertz CT molecular complexity index is 2120. The van der Waals surface area contributed by atoms with Crippen molar-refractivity contribution in [1.82, 2.24) is 25.1 Å². The number of benzene rings is 2. The Morgan fingerprint density at radius 3 is 2.26 bits per heavy atom. The van der Waals surface area contributed by atoms with Gasteiger partial charge in [0, 0.05) is 57.4 Å². The first kappa shape index (κ1) is 38.5. The molecule has 4 amide bonds. The molecule has 5 aliphatic rings. The number of hydrogen-bond donors (Lipinski definition) is 3. The maximum atomic E-state index is 15.2. The second kappa shape index (κ2) is 15.5. The average Bonchev–Trinajstić information content (AvgIpc) is 3.44. The first-order valence-corrected chi connectivity index (χ1v) is 19.7. The fraction of sp³-hybridized carbons (Fsp3) is 0.475. The van der Waals surface area contributed by atoms with E-state index in [0.29, 0.717) is 40.4 Å². The number of ether oxygens (including phenoxy) is 1. The molecule has 0 bridgehead atoms. The van der Waals surface area contributed by atoms with E-state index in [0.717, 1.165) is 89.4 Å². The summed E-state index contributed by atoms with van der Waals surface area (Å²) in [6, 6.07) is 9.81. The van der Waals surface area contributed by atoms with Crippen LogP contribution in [0, 0.1) is 22.6 Å². The average molecular weight is 800 g/mol. The minimum Gasteiger partial charge on any atom is -0.490 e. The van der Waals surface area contributed by atoms with Gasteiger partial charge in [-0.1, -0.05) is 11.6 Å². The molecule has 1 aliphatic carbocycles. The van der Waals surface area contributed by atoms with Crippen LogP contribution in [0.4, 0.5) is 15.9 Å². The van der Waals surface area contributed by atoms with Gasteiger partial charge in [0.05, 0.1) is 45.9 Å². The number of likely N-dealkylation sites (tertiary alicyclic amines) is 1. The van der Waals surface area contributed by atoms with Crippen LogP contribution >= 0.6 is 11.6 Å². The van der Waals surface area contributed by atoms with E-state index in [-0.39, 0.29) is 46.0 Å². The van der Waals surface area contributed by atoms with E-state index in [1.807, 2.05) is 11.0 Å². The van der Waals surface area contributed by atoms with E-state index < -0.39 is 29.8 Å². The number of amides is 4. The molecule has 1 aromatic heterocycles. The number of rotatable bonds is 9. The molecular weight excluding hydrogens is 757 g/mol. The van der Waals surface area contributed by atoms with E-state index in [2.05, 4.69) is 25.1 Å². The second-order valence-corrected chi connectivity index (χ2v) is 16.2. The first-order chi connectivity index (χ1) is 27.4. The monoisotopic (exact) mass is 799 g/mol. The number of carbonyl (C=O) groups excluding carboxylic acids is 4. The predicted octanol–water partition coefficient (Wildman–Crippen LogP) is 3.23. The lowest BCUT2D eigenvalue weighted by Gasteiger charge is -2.57. The van der Waals surface area contributed by atoms with Gasteiger partial charge < -0.3 is 30.7 Å². The Hall–Kier alpha value is -5.37. The Morgan fingerprint density at radius 2 is 1.65 bits per heavy atom. The number of aliphatic hydroxyl groups excluding tert-OH is 1. The number of nitrogens with one attached hydrogen (secondary N) is 1. The summed E-state index contributed by atoms with van der Waals surface area (Å²) in [6.07, 6.45) is 7.89. The molecule has 3 saturated heterocycles. The number of aromatic nitrogens is 2. The highest BCUT2D eigenvalue weighted by molar-refractivity contribution is 6.31. The number of primary amides is 1. The number of hydrogen-bond acceptors (Lipinski definition) is 12. The molecule has 15 nitrogen and oxygen atoms in total. The molecule has 4 aliphatic heterocycles. The molecule has 1 atom stereocenters. The minimum absolute atomic E-state index is 0.00872. The normalized spacial score (nSPS) is 22.8. The molecule has 5 heterocycles. The molecule has 3 aromatic rings. The van der Waals surface area contributed by atoms with Gasteiger partial charge in [-0.25, -0.2) is 19.3 Å². The lowest BCUT2D eigenvalue weighted by molar-refractivity contribution is -0.131. The minimum atomic E-state index is -2.12. The van der Waals surface area contributed by atoms with Crippen molar-refractivity contribution in [1.29, 1.82) is 5.26 Å². The molecule has 0 radical (unpaired) electrons. The zero-order chi connectivity index (χ0) is 40.0. The van der Waals surface area contributed by atoms with Crippen LogP contribution in [0.5, 0.6) is 5.75 Å². The third-order valence-corrected chi connectivity index (χ3v) is 12.6. The SMILES string of the molecule is N#Cc1ccc(OC2CCC(NC(=O)c3cnc(N4CCC5(CC4)CN(C4CCN(c6cc7c(cc6F)C(=O)N(C(O)C(N)=O)C7=O)CC4)C5)cn3)CC2)cc1Cl. The second-order valence-electron chi connectivity index (χ2n) is 15.8. The summed E-state index contributed by atoms with van der Waals surface area (Å²) in [4.78, 5) is 66.0. The van der Waals surface area contributed by atoms with Crippen LogP contribution in [0.15, 0.2) is 42.7 Å². The lowest BCUT2D eigenvalue weighted by Crippen LogP contribution is -2.64. The van der Waals surface area contributed by atoms with Gasteiger partial charge in [-0.2, -0.15) is 5.26 Å². The number of carbonyl (C=O) groups is 4. The van der Waals surface area contributed by atoms with Crippen molar-refractivity contribution >= 4 is 46.7 Å². The molecule has 1 saturated carbocycles. The van der Waals surface area contributed by atoms with Gasteiger partial charge >= 0.3 is 0 Å². The highest BCUT2D eigenvalue weighted by Gasteiger charge is 2.48. The lowest BCUT2D eigenvalue weighted by atomic mass is 9.71. The molecule has 2 aromatic carbocycles. The van der Waals surface area contributed by atoms with Crippen molar-refractivity contribution in [3.63, 3.8) is 0 Å². The van der Waals surface area contributed by atoms with E-state index >= 15 is 4.39 Å². The summed E-state index contributed by atoms with van der Waals surface area (Å²) < 4.78 is 21.3. The van der Waals surface area contributed by atoms with Crippen LogP contribution in [0.25, 0.3) is 0 Å². The van der Waals surface area contributed by atoms with Gasteiger partial charge in [0.2, 0.25) is 6.23 Å². The first-order valence-electron chi connectivity index (χ1n) is 19.3. The van der Waals surface area contributed by atoms with Crippen LogP contribution < -0.4 is 25.6 Å². The van der Waals surface area contributed by atoms with Gasteiger partial charge in [0.25, 0.3) is 23.6 Å².